The fraction of sp³-hybridized carbons (Fsp3) is 0.444. The lowest BCUT2D eigenvalue weighted by Crippen LogP contribution is -2.32. The van der Waals surface area contributed by atoms with Crippen LogP contribution in [0.5, 0.6) is 11.8 Å². The Labute approximate surface area is 145 Å². The molecule has 0 aliphatic carbocycles. The Morgan fingerprint density at radius 2 is 2.21 bits per heavy atom. The predicted octanol–water partition coefficient (Wildman–Crippen LogP) is 2.36. The van der Waals surface area contributed by atoms with Crippen molar-refractivity contribution >= 4 is 11.7 Å². The van der Waals surface area contributed by atoms with Crippen molar-refractivity contribution in [2.75, 3.05) is 26.2 Å². The van der Waals surface area contributed by atoms with Gasteiger partial charge in [-0.15, -0.1) is 8.75 Å². The number of hydrogen-bond donors (Lipinski definition) is 0. The first-order valence-corrected chi connectivity index (χ1v) is 8.91. The second-order valence-electron chi connectivity index (χ2n) is 6.30. The molecule has 2 fully saturated rings. The average molecular weight is 341 g/mol. The normalized spacial score (nSPS) is 24.5. The minimum Gasteiger partial charge on any atom is -0.468 e. The average Bonchev–Trinajstić information content (AvgIpc) is 3.29. The highest BCUT2D eigenvalue weighted by Crippen LogP contribution is 2.33. The first-order chi connectivity index (χ1) is 11.8. The number of aryl methyl sites for hydroxylation is 1. The lowest BCUT2D eigenvalue weighted by Gasteiger charge is -2.22. The van der Waals surface area contributed by atoms with Crippen LogP contribution in [0.1, 0.15) is 17.5 Å². The van der Waals surface area contributed by atoms with Gasteiger partial charge in [-0.05, 0) is 37.6 Å². The first kappa shape index (κ1) is 15.4. The zero-order valence-electron chi connectivity index (χ0n) is 13.6. The van der Waals surface area contributed by atoms with Crippen LogP contribution < -0.4 is 9.47 Å². The molecule has 0 saturated carbocycles. The Hall–Kier alpha value is -2.10. The van der Waals surface area contributed by atoms with Gasteiger partial charge in [0.1, 0.15) is 6.10 Å². The third kappa shape index (κ3) is 3.37. The van der Waals surface area contributed by atoms with Gasteiger partial charge in [0.05, 0.1) is 11.7 Å². The minimum atomic E-state index is 0.211. The van der Waals surface area contributed by atoms with Gasteiger partial charge in [-0.3, -0.25) is 4.90 Å². The van der Waals surface area contributed by atoms with Crippen LogP contribution in [0.4, 0.5) is 0 Å². The van der Waals surface area contributed by atoms with Gasteiger partial charge in [-0.1, -0.05) is 24.0 Å². The molecule has 2 saturated heterocycles. The van der Waals surface area contributed by atoms with Crippen LogP contribution in [0, 0.1) is 24.7 Å². The molecule has 4 rings (SSSR count). The molecular formula is C18H19N3O2S. The maximum Gasteiger partial charge on any atom is 0.292 e. The van der Waals surface area contributed by atoms with E-state index in [-0.39, 0.29) is 12.7 Å². The summed E-state index contributed by atoms with van der Waals surface area (Å²) in [6, 6.07) is 8.10. The summed E-state index contributed by atoms with van der Waals surface area (Å²) in [4.78, 5) is 2.43. The molecule has 0 amide bonds. The number of rotatable bonds is 4. The van der Waals surface area contributed by atoms with E-state index in [4.69, 9.17) is 9.47 Å². The van der Waals surface area contributed by atoms with E-state index < -0.39 is 0 Å². The van der Waals surface area contributed by atoms with E-state index >= 15 is 0 Å². The van der Waals surface area contributed by atoms with Gasteiger partial charge in [0, 0.05) is 24.6 Å². The molecule has 0 N–H and O–H groups in total. The van der Waals surface area contributed by atoms with Gasteiger partial charge >= 0.3 is 0 Å². The molecule has 5 nitrogen and oxygen atoms in total. The molecule has 2 bridgehead atoms. The van der Waals surface area contributed by atoms with Crippen molar-refractivity contribution in [2.45, 2.75) is 19.4 Å². The molecule has 3 atom stereocenters. The van der Waals surface area contributed by atoms with E-state index in [1.165, 1.54) is 18.5 Å². The molecule has 0 radical (unpaired) electrons. The molecule has 1 aromatic heterocycles. The largest absolute Gasteiger partial charge is 0.468 e. The van der Waals surface area contributed by atoms with E-state index in [0.29, 0.717) is 17.7 Å². The van der Waals surface area contributed by atoms with Crippen molar-refractivity contribution in [3.05, 3.63) is 35.4 Å². The molecule has 2 aliphatic heterocycles. The Balaban J connectivity index is 1.34. The Bertz CT molecular complexity index is 780. The number of nitrogens with zero attached hydrogens (tertiary/aromatic N) is 3. The molecule has 124 valence electrons. The number of ether oxygens (including phenoxy) is 2. The molecule has 2 aliphatic rings. The summed E-state index contributed by atoms with van der Waals surface area (Å²) in [5.74, 6) is 7.69. The molecule has 1 aromatic carbocycles. The molecule has 24 heavy (non-hydrogen) atoms. The molecule has 2 aromatic rings. The highest BCUT2D eigenvalue weighted by Gasteiger charge is 2.40. The van der Waals surface area contributed by atoms with Crippen molar-refractivity contribution in [2.24, 2.45) is 5.92 Å². The number of hydrogen-bond acceptors (Lipinski definition) is 6. The van der Waals surface area contributed by atoms with Crippen LogP contribution in [0.25, 0.3) is 0 Å². The van der Waals surface area contributed by atoms with E-state index in [9.17, 15) is 0 Å². The smallest absolute Gasteiger partial charge is 0.292 e. The summed E-state index contributed by atoms with van der Waals surface area (Å²) in [6.07, 6.45) is 1.42. The van der Waals surface area contributed by atoms with Crippen molar-refractivity contribution in [1.29, 1.82) is 0 Å². The van der Waals surface area contributed by atoms with Crippen molar-refractivity contribution in [1.82, 2.24) is 13.6 Å². The summed E-state index contributed by atoms with van der Waals surface area (Å²) in [5, 5.41) is 0. The summed E-state index contributed by atoms with van der Waals surface area (Å²) >= 11 is 1.11. The van der Waals surface area contributed by atoms with Gasteiger partial charge in [0.25, 0.3) is 11.8 Å². The van der Waals surface area contributed by atoms with Gasteiger partial charge in [-0.25, -0.2) is 0 Å². The van der Waals surface area contributed by atoms with Gasteiger partial charge in [0.2, 0.25) is 0 Å². The molecule has 6 heteroatoms. The van der Waals surface area contributed by atoms with E-state index in [2.05, 4.69) is 44.5 Å². The highest BCUT2D eigenvalue weighted by atomic mass is 32.1. The topological polar surface area (TPSA) is 47.5 Å². The summed E-state index contributed by atoms with van der Waals surface area (Å²) in [7, 11) is 0. The van der Waals surface area contributed by atoms with Crippen LogP contribution in [-0.4, -0.2) is 46.0 Å². The van der Waals surface area contributed by atoms with Crippen molar-refractivity contribution in [3.63, 3.8) is 0 Å². The maximum absolute atomic E-state index is 6.03. The van der Waals surface area contributed by atoms with Gasteiger partial charge in [-0.2, -0.15) is 0 Å². The minimum absolute atomic E-state index is 0.211. The Kier molecular flexibility index (Phi) is 4.37. The fourth-order valence-electron chi connectivity index (χ4n) is 3.31. The van der Waals surface area contributed by atoms with Gasteiger partial charge in [0.15, 0.2) is 6.61 Å². The van der Waals surface area contributed by atoms with Crippen LogP contribution in [0.15, 0.2) is 24.3 Å². The number of fused-ring (bicyclic) bond motifs is 2. The quantitative estimate of drug-likeness (QED) is 0.799. The number of aromatic nitrogens is 2. The first-order valence-electron chi connectivity index (χ1n) is 8.18. The standard InChI is InChI=1S/C18H19N3O2S/c1-13-4-2-5-14(10-13)6-3-9-22-17-18(20-24-19-17)23-16-12-21-8-7-15(16)11-21/h2,4-5,10,15-16H,7-9,11-12H2,1H3. The van der Waals surface area contributed by atoms with Crippen molar-refractivity contribution < 1.29 is 9.47 Å². The Morgan fingerprint density at radius 1 is 1.29 bits per heavy atom. The second-order valence-corrected chi connectivity index (χ2v) is 6.83. The summed E-state index contributed by atoms with van der Waals surface area (Å²) < 4.78 is 20.1. The third-order valence-electron chi connectivity index (χ3n) is 4.50. The van der Waals surface area contributed by atoms with Crippen LogP contribution in [0.3, 0.4) is 0 Å². The predicted molar refractivity (Wildman–Crippen MR) is 92.4 cm³/mol. The highest BCUT2D eigenvalue weighted by molar-refractivity contribution is 6.99. The fourth-order valence-corrected chi connectivity index (χ4v) is 3.75. The monoisotopic (exact) mass is 341 g/mol. The van der Waals surface area contributed by atoms with Crippen LogP contribution in [0.2, 0.25) is 0 Å². The second kappa shape index (κ2) is 6.80. The summed E-state index contributed by atoms with van der Waals surface area (Å²) in [6.45, 7) is 5.64. The molecule has 3 unspecified atom stereocenters. The summed E-state index contributed by atoms with van der Waals surface area (Å²) in [5.41, 5.74) is 2.19. The van der Waals surface area contributed by atoms with Crippen LogP contribution in [-0.2, 0) is 0 Å². The number of benzene rings is 1. The molecule has 0 spiro atoms. The zero-order chi connectivity index (χ0) is 16.4. The lowest BCUT2D eigenvalue weighted by molar-refractivity contribution is 0.131. The lowest BCUT2D eigenvalue weighted by atomic mass is 10.0. The van der Waals surface area contributed by atoms with E-state index in [1.54, 1.807) is 0 Å². The van der Waals surface area contributed by atoms with E-state index in [0.717, 1.165) is 30.4 Å². The van der Waals surface area contributed by atoms with Gasteiger partial charge < -0.3 is 9.47 Å². The number of piperidine rings is 1. The molecule has 3 heterocycles. The Morgan fingerprint density at radius 3 is 3.00 bits per heavy atom. The van der Waals surface area contributed by atoms with Crippen molar-refractivity contribution in [3.8, 4) is 23.6 Å². The maximum atomic E-state index is 6.03. The zero-order valence-corrected chi connectivity index (χ0v) is 14.4. The van der Waals surface area contributed by atoms with E-state index in [1.807, 2.05) is 12.1 Å². The third-order valence-corrected chi connectivity index (χ3v) is 4.99. The van der Waals surface area contributed by atoms with Crippen LogP contribution >= 0.6 is 11.7 Å². The molecular weight excluding hydrogens is 322 g/mol. The SMILES string of the molecule is Cc1cccc(C#CCOc2nsnc2OC2CN3CCC2C3)c1.